The van der Waals surface area contributed by atoms with Crippen molar-refractivity contribution in [3.8, 4) is 11.3 Å². The number of ether oxygens (including phenoxy) is 1. The number of benzene rings is 2. The first kappa shape index (κ1) is 21.9. The molecule has 4 rings (SSSR count). The Kier molecular flexibility index (Phi) is 7.37. The smallest absolute Gasteiger partial charge is 0.251 e. The predicted molar refractivity (Wildman–Crippen MR) is 121 cm³/mol. The largest absolute Gasteiger partial charge is 0.379 e. The second kappa shape index (κ2) is 10.8. The fraction of sp³-hybridized carbons (Fsp3) is 0.292. The van der Waals surface area contributed by atoms with E-state index in [0.717, 1.165) is 45.0 Å². The Bertz CT molecular complexity index is 1040. The van der Waals surface area contributed by atoms with Crippen molar-refractivity contribution in [1.29, 1.82) is 0 Å². The van der Waals surface area contributed by atoms with E-state index in [9.17, 15) is 9.18 Å². The summed E-state index contributed by atoms with van der Waals surface area (Å²) in [5.41, 5.74) is 2.69. The Morgan fingerprint density at radius 3 is 2.66 bits per heavy atom. The Balaban J connectivity index is 1.29. The van der Waals surface area contributed by atoms with E-state index in [1.165, 1.54) is 18.5 Å². The molecule has 1 saturated heterocycles. The van der Waals surface area contributed by atoms with E-state index in [-0.39, 0.29) is 11.7 Å². The first-order valence-electron chi connectivity index (χ1n) is 10.7. The highest BCUT2D eigenvalue weighted by Crippen LogP contribution is 2.22. The zero-order valence-corrected chi connectivity index (χ0v) is 17.8. The lowest BCUT2D eigenvalue weighted by Gasteiger charge is -2.26. The second-order valence-electron chi connectivity index (χ2n) is 7.56. The monoisotopic (exact) mass is 435 g/mol. The SMILES string of the molecule is O=C(NCCCN1CCOCC1)c1ccc(Nc2cc(-c3cccc(F)c3)ncn2)cc1. The van der Waals surface area contributed by atoms with Crippen LogP contribution in [0.1, 0.15) is 16.8 Å². The third-order valence-corrected chi connectivity index (χ3v) is 5.25. The molecule has 3 aromatic rings. The molecule has 1 amide bonds. The minimum atomic E-state index is -0.314. The molecule has 0 bridgehead atoms. The quantitative estimate of drug-likeness (QED) is 0.528. The van der Waals surface area contributed by atoms with E-state index in [2.05, 4.69) is 25.5 Å². The standard InChI is InChI=1S/C24H26FN5O2/c25-20-4-1-3-19(15-20)22-16-23(28-17-27-22)29-21-7-5-18(6-8-21)24(31)26-9-2-10-30-11-13-32-14-12-30/h1,3-8,15-17H,2,9-14H2,(H,26,31)(H,27,28,29). The van der Waals surface area contributed by atoms with Crippen molar-refractivity contribution >= 4 is 17.4 Å². The van der Waals surface area contributed by atoms with Crippen LogP contribution in [-0.2, 0) is 4.74 Å². The van der Waals surface area contributed by atoms with Crippen molar-refractivity contribution in [2.24, 2.45) is 0 Å². The number of morpholine rings is 1. The molecular formula is C24H26FN5O2. The fourth-order valence-electron chi connectivity index (χ4n) is 3.52. The van der Waals surface area contributed by atoms with E-state index in [4.69, 9.17) is 4.74 Å². The van der Waals surface area contributed by atoms with E-state index in [1.807, 2.05) is 12.1 Å². The summed E-state index contributed by atoms with van der Waals surface area (Å²) in [7, 11) is 0. The van der Waals surface area contributed by atoms with Gasteiger partial charge in [-0.05, 0) is 49.4 Å². The third kappa shape index (κ3) is 6.09. The van der Waals surface area contributed by atoms with Crippen LogP contribution in [0.2, 0.25) is 0 Å². The molecule has 2 heterocycles. The minimum Gasteiger partial charge on any atom is -0.379 e. The highest BCUT2D eigenvalue weighted by Gasteiger charge is 2.10. The number of carbonyl (C=O) groups is 1. The molecule has 1 fully saturated rings. The number of aromatic nitrogens is 2. The zero-order chi connectivity index (χ0) is 22.2. The van der Waals surface area contributed by atoms with Crippen LogP contribution in [0.3, 0.4) is 0 Å². The third-order valence-electron chi connectivity index (χ3n) is 5.25. The highest BCUT2D eigenvalue weighted by molar-refractivity contribution is 5.94. The van der Waals surface area contributed by atoms with Crippen molar-refractivity contribution in [3.63, 3.8) is 0 Å². The lowest BCUT2D eigenvalue weighted by molar-refractivity contribution is 0.0374. The number of halogens is 1. The van der Waals surface area contributed by atoms with Gasteiger partial charge in [0.05, 0.1) is 18.9 Å². The Labute approximate surface area is 186 Å². The zero-order valence-electron chi connectivity index (χ0n) is 17.8. The molecule has 2 N–H and O–H groups in total. The Hall–Kier alpha value is -3.36. The van der Waals surface area contributed by atoms with Crippen molar-refractivity contribution in [2.75, 3.05) is 44.7 Å². The number of amides is 1. The van der Waals surface area contributed by atoms with E-state index >= 15 is 0 Å². The van der Waals surface area contributed by atoms with Crippen LogP contribution < -0.4 is 10.6 Å². The first-order valence-corrected chi connectivity index (χ1v) is 10.7. The summed E-state index contributed by atoms with van der Waals surface area (Å²) in [5, 5.41) is 6.16. The van der Waals surface area contributed by atoms with Gasteiger partial charge >= 0.3 is 0 Å². The molecule has 1 aromatic heterocycles. The number of anilines is 2. The average molecular weight is 436 g/mol. The number of hydrogen-bond acceptors (Lipinski definition) is 6. The Morgan fingerprint density at radius 2 is 1.88 bits per heavy atom. The van der Waals surface area contributed by atoms with Gasteiger partial charge < -0.3 is 15.4 Å². The van der Waals surface area contributed by atoms with Crippen LogP contribution in [0.15, 0.2) is 60.9 Å². The second-order valence-corrected chi connectivity index (χ2v) is 7.56. The summed E-state index contributed by atoms with van der Waals surface area (Å²) in [6, 6.07) is 15.2. The van der Waals surface area contributed by atoms with Crippen LogP contribution in [0.4, 0.5) is 15.9 Å². The van der Waals surface area contributed by atoms with Gasteiger partial charge in [-0.25, -0.2) is 14.4 Å². The van der Waals surface area contributed by atoms with Crippen molar-refractivity contribution in [1.82, 2.24) is 20.2 Å². The molecule has 1 aliphatic heterocycles. The van der Waals surface area contributed by atoms with E-state index in [0.29, 0.717) is 29.2 Å². The van der Waals surface area contributed by atoms with Gasteiger partial charge in [-0.15, -0.1) is 0 Å². The number of rotatable bonds is 8. The van der Waals surface area contributed by atoms with E-state index in [1.54, 1.807) is 30.3 Å². The molecule has 0 radical (unpaired) electrons. The summed E-state index contributed by atoms with van der Waals surface area (Å²) >= 11 is 0. The molecule has 7 nitrogen and oxygen atoms in total. The van der Waals surface area contributed by atoms with Gasteiger partial charge in [0, 0.05) is 42.5 Å². The van der Waals surface area contributed by atoms with Crippen LogP contribution >= 0.6 is 0 Å². The molecular weight excluding hydrogens is 409 g/mol. The molecule has 0 aliphatic carbocycles. The number of carbonyl (C=O) groups excluding carboxylic acids is 1. The number of nitrogens with one attached hydrogen (secondary N) is 2. The normalized spacial score (nSPS) is 14.2. The van der Waals surface area contributed by atoms with Gasteiger partial charge in [0.2, 0.25) is 0 Å². The average Bonchev–Trinajstić information content (AvgIpc) is 2.83. The van der Waals surface area contributed by atoms with Gasteiger partial charge in [-0.2, -0.15) is 0 Å². The molecule has 1 aliphatic rings. The minimum absolute atomic E-state index is 0.0889. The summed E-state index contributed by atoms with van der Waals surface area (Å²) in [6.07, 6.45) is 2.34. The topological polar surface area (TPSA) is 79.4 Å². The van der Waals surface area contributed by atoms with Gasteiger partial charge in [-0.3, -0.25) is 9.69 Å². The van der Waals surface area contributed by atoms with Crippen LogP contribution in [-0.4, -0.2) is 60.2 Å². The fourth-order valence-corrected chi connectivity index (χ4v) is 3.52. The Morgan fingerprint density at radius 1 is 1.06 bits per heavy atom. The van der Waals surface area contributed by atoms with Crippen LogP contribution in [0, 0.1) is 5.82 Å². The molecule has 0 saturated carbocycles. The van der Waals surface area contributed by atoms with Crippen LogP contribution in [0.5, 0.6) is 0 Å². The van der Waals surface area contributed by atoms with Crippen LogP contribution in [0.25, 0.3) is 11.3 Å². The summed E-state index contributed by atoms with van der Waals surface area (Å²) in [4.78, 5) is 23.2. The van der Waals surface area contributed by atoms with Crippen molar-refractivity contribution in [2.45, 2.75) is 6.42 Å². The summed E-state index contributed by atoms with van der Waals surface area (Å²) in [5.74, 6) is 0.180. The molecule has 0 atom stereocenters. The molecule has 0 unspecified atom stereocenters. The molecule has 8 heteroatoms. The molecule has 0 spiro atoms. The maximum absolute atomic E-state index is 13.5. The van der Waals surface area contributed by atoms with Gasteiger partial charge in [0.15, 0.2) is 0 Å². The molecule has 2 aromatic carbocycles. The summed E-state index contributed by atoms with van der Waals surface area (Å²) in [6.45, 7) is 5.09. The number of hydrogen-bond donors (Lipinski definition) is 2. The maximum Gasteiger partial charge on any atom is 0.251 e. The lowest BCUT2D eigenvalue weighted by atomic mass is 10.1. The summed E-state index contributed by atoms with van der Waals surface area (Å²) < 4.78 is 18.8. The number of nitrogens with zero attached hydrogens (tertiary/aromatic N) is 3. The first-order chi connectivity index (χ1) is 15.7. The van der Waals surface area contributed by atoms with Gasteiger partial charge in [0.25, 0.3) is 5.91 Å². The van der Waals surface area contributed by atoms with Crippen molar-refractivity contribution in [3.05, 3.63) is 72.3 Å². The predicted octanol–water partition coefficient (Wildman–Crippen LogP) is 3.48. The van der Waals surface area contributed by atoms with Gasteiger partial charge in [0.1, 0.15) is 18.0 Å². The lowest BCUT2D eigenvalue weighted by Crippen LogP contribution is -2.38. The van der Waals surface area contributed by atoms with Gasteiger partial charge in [-0.1, -0.05) is 12.1 Å². The highest BCUT2D eigenvalue weighted by atomic mass is 19.1. The van der Waals surface area contributed by atoms with E-state index < -0.39 is 0 Å². The molecule has 32 heavy (non-hydrogen) atoms. The van der Waals surface area contributed by atoms with Crippen molar-refractivity contribution < 1.29 is 13.9 Å². The molecule has 166 valence electrons. The maximum atomic E-state index is 13.5.